The molecule has 0 spiro atoms. The molecule has 1 fully saturated rings. The number of ketones is 2. The second-order valence-corrected chi connectivity index (χ2v) is 12.5. The molecule has 1 saturated heterocycles. The van der Waals surface area contributed by atoms with Crippen LogP contribution in [-0.4, -0.2) is 45.0 Å². The molecule has 8 heteroatoms. The molecule has 0 bridgehead atoms. The van der Waals surface area contributed by atoms with E-state index < -0.39 is 23.7 Å². The molecule has 4 atom stereocenters. The second kappa shape index (κ2) is 11.6. The van der Waals surface area contributed by atoms with Crippen molar-refractivity contribution in [1.82, 2.24) is 4.90 Å². The number of aromatic hydroxyl groups is 2. The van der Waals surface area contributed by atoms with Gasteiger partial charge in [-0.2, -0.15) is 0 Å². The second-order valence-electron chi connectivity index (χ2n) is 12.5. The molecule has 2 N–H and O–H groups in total. The lowest BCUT2D eigenvalue weighted by atomic mass is 9.59. The van der Waals surface area contributed by atoms with E-state index in [1.165, 1.54) is 17.0 Å². The lowest BCUT2D eigenvalue weighted by Gasteiger charge is -2.42. The number of allylic oxidation sites excluding steroid dienone is 6. The highest BCUT2D eigenvalue weighted by Gasteiger charge is 2.56. The number of carbonyl (C=O) groups is 4. The number of imide groups is 1. The number of phenolic OH excluding ortho intramolecular Hbond substituents is 2. The van der Waals surface area contributed by atoms with Crippen molar-refractivity contribution in [3.8, 4) is 17.2 Å². The Kier molecular flexibility index (Phi) is 7.43. The van der Waals surface area contributed by atoms with Crippen molar-refractivity contribution in [3.63, 3.8) is 0 Å². The van der Waals surface area contributed by atoms with Gasteiger partial charge in [0.1, 0.15) is 23.9 Å². The maximum absolute atomic E-state index is 14.0. The van der Waals surface area contributed by atoms with E-state index in [1.54, 1.807) is 43.3 Å². The predicted molar refractivity (Wildman–Crippen MR) is 169 cm³/mol. The van der Waals surface area contributed by atoms with Gasteiger partial charge in [0, 0.05) is 40.8 Å². The number of ether oxygens (including phenoxy) is 1. The third-order valence-corrected chi connectivity index (χ3v) is 9.78. The number of rotatable bonds is 7. The number of likely N-dealkylation sites (tertiary alicyclic amines) is 1. The number of phenols is 2. The van der Waals surface area contributed by atoms with Crippen molar-refractivity contribution >= 4 is 23.4 Å². The van der Waals surface area contributed by atoms with E-state index in [9.17, 15) is 29.4 Å². The van der Waals surface area contributed by atoms with Gasteiger partial charge in [0.25, 0.3) is 0 Å². The Labute approximate surface area is 266 Å². The van der Waals surface area contributed by atoms with Crippen LogP contribution in [0.3, 0.4) is 0 Å². The molecular formula is C38H33NO7. The largest absolute Gasteiger partial charge is 0.508 e. The summed E-state index contributed by atoms with van der Waals surface area (Å²) in [5, 5.41) is 21.0. The summed E-state index contributed by atoms with van der Waals surface area (Å²) in [5.41, 5.74) is 4.10. The molecule has 232 valence electrons. The van der Waals surface area contributed by atoms with Crippen molar-refractivity contribution < 1.29 is 34.1 Å². The van der Waals surface area contributed by atoms with Crippen LogP contribution in [0.25, 0.3) is 0 Å². The van der Waals surface area contributed by atoms with Gasteiger partial charge in [0.15, 0.2) is 11.6 Å². The minimum atomic E-state index is -0.743. The lowest BCUT2D eigenvalue weighted by molar-refractivity contribution is -0.140. The van der Waals surface area contributed by atoms with E-state index in [-0.39, 0.29) is 47.8 Å². The Morgan fingerprint density at radius 2 is 1.63 bits per heavy atom. The Balaban J connectivity index is 1.22. The lowest BCUT2D eigenvalue weighted by Crippen LogP contribution is -2.40. The maximum atomic E-state index is 14.0. The van der Waals surface area contributed by atoms with Crippen LogP contribution in [-0.2, 0) is 32.2 Å². The van der Waals surface area contributed by atoms with Crippen LogP contribution >= 0.6 is 0 Å². The fourth-order valence-corrected chi connectivity index (χ4v) is 7.52. The summed E-state index contributed by atoms with van der Waals surface area (Å²) in [6, 6.07) is 21.3. The summed E-state index contributed by atoms with van der Waals surface area (Å²) in [4.78, 5) is 56.0. The average Bonchev–Trinajstić information content (AvgIpc) is 3.30. The van der Waals surface area contributed by atoms with E-state index in [2.05, 4.69) is 0 Å². The molecule has 4 aliphatic rings. The van der Waals surface area contributed by atoms with Crippen molar-refractivity contribution in [2.75, 3.05) is 6.54 Å². The highest BCUT2D eigenvalue weighted by atomic mass is 16.5. The van der Waals surface area contributed by atoms with Crippen LogP contribution in [0, 0.1) is 17.8 Å². The number of amides is 2. The molecule has 3 aromatic carbocycles. The first kappa shape index (κ1) is 29.5. The fraction of sp³-hybridized carbons (Fsp3) is 0.263. The molecule has 3 aromatic rings. The van der Waals surface area contributed by atoms with Crippen molar-refractivity contribution in [2.45, 2.75) is 38.7 Å². The zero-order chi connectivity index (χ0) is 32.1. The van der Waals surface area contributed by atoms with Crippen LogP contribution in [0.2, 0.25) is 0 Å². The molecule has 2 amide bonds. The Hall–Kier alpha value is -5.24. The summed E-state index contributed by atoms with van der Waals surface area (Å²) < 4.78 is 5.92. The summed E-state index contributed by atoms with van der Waals surface area (Å²) in [7, 11) is 0. The Morgan fingerprint density at radius 1 is 0.870 bits per heavy atom. The van der Waals surface area contributed by atoms with Crippen molar-refractivity contribution in [2.24, 2.45) is 17.8 Å². The molecule has 8 nitrogen and oxygen atoms in total. The minimum Gasteiger partial charge on any atom is -0.508 e. The number of carbonyl (C=O) groups excluding carboxylic acids is 4. The number of Topliss-reactive ketones (excluding diaryl/α,β-unsaturated/α-hetero) is 1. The molecular weight excluding hydrogens is 582 g/mol. The quantitative estimate of drug-likeness (QED) is 0.209. The van der Waals surface area contributed by atoms with Gasteiger partial charge in [-0.15, -0.1) is 0 Å². The molecule has 46 heavy (non-hydrogen) atoms. The summed E-state index contributed by atoms with van der Waals surface area (Å²) in [5.74, 6) is -2.98. The van der Waals surface area contributed by atoms with Gasteiger partial charge in [0.2, 0.25) is 11.8 Å². The number of benzene rings is 3. The predicted octanol–water partition coefficient (Wildman–Crippen LogP) is 5.35. The Morgan fingerprint density at radius 3 is 2.37 bits per heavy atom. The molecule has 0 aromatic heterocycles. The highest BCUT2D eigenvalue weighted by Crippen LogP contribution is 2.56. The highest BCUT2D eigenvalue weighted by molar-refractivity contribution is 6.23. The third kappa shape index (κ3) is 5.04. The van der Waals surface area contributed by atoms with Crippen LogP contribution < -0.4 is 4.74 Å². The minimum absolute atomic E-state index is 0.0815. The standard InChI is InChI=1S/C38H33NO7/c1-21-17-32(42)35-30(36(21)43)19-29-26(33(35)27-12-11-25(18-31(27)41)46-20-23-5-3-2-4-6-23)13-14-28-34(29)38(45)39(37(28)44)16-15-22-7-9-24(40)10-8-22/h2-13,17-18,28-29,33-34,40-41H,14-16,19-20H2,1H3. The third-order valence-electron chi connectivity index (χ3n) is 9.78. The molecule has 1 heterocycles. The van der Waals surface area contributed by atoms with Gasteiger partial charge in [-0.3, -0.25) is 24.1 Å². The number of nitrogens with zero attached hydrogens (tertiary/aromatic N) is 1. The summed E-state index contributed by atoms with van der Waals surface area (Å²) in [6.07, 6.45) is 4.25. The van der Waals surface area contributed by atoms with E-state index in [4.69, 9.17) is 4.74 Å². The fourth-order valence-electron chi connectivity index (χ4n) is 7.52. The molecule has 4 unspecified atom stereocenters. The first-order chi connectivity index (χ1) is 22.2. The first-order valence-electron chi connectivity index (χ1n) is 15.5. The number of fused-ring (bicyclic) bond motifs is 3. The Bertz CT molecular complexity index is 1870. The van der Waals surface area contributed by atoms with Gasteiger partial charge in [-0.25, -0.2) is 0 Å². The average molecular weight is 616 g/mol. The number of hydrogen-bond donors (Lipinski definition) is 2. The summed E-state index contributed by atoms with van der Waals surface area (Å²) in [6.45, 7) is 2.13. The van der Waals surface area contributed by atoms with Crippen molar-refractivity contribution in [3.05, 3.63) is 124 Å². The van der Waals surface area contributed by atoms with Crippen LogP contribution in [0.4, 0.5) is 0 Å². The van der Waals surface area contributed by atoms with Crippen molar-refractivity contribution in [1.29, 1.82) is 0 Å². The SMILES string of the molecule is CC1=CC(=O)C2=C(CC3C(=CCC4C(=O)N(CCc5ccc(O)cc5)C(=O)C43)C2c2ccc(OCc3ccccc3)cc2O)C1=O. The molecule has 3 aliphatic carbocycles. The van der Waals surface area contributed by atoms with Gasteiger partial charge in [-0.1, -0.05) is 60.2 Å². The van der Waals surface area contributed by atoms with Gasteiger partial charge < -0.3 is 14.9 Å². The van der Waals surface area contributed by atoms with Crippen LogP contribution in [0.1, 0.15) is 42.4 Å². The molecule has 0 radical (unpaired) electrons. The van der Waals surface area contributed by atoms with Gasteiger partial charge in [0.05, 0.1) is 11.8 Å². The maximum Gasteiger partial charge on any atom is 0.233 e. The zero-order valence-electron chi connectivity index (χ0n) is 25.3. The van der Waals surface area contributed by atoms with E-state index in [1.807, 2.05) is 36.4 Å². The smallest absolute Gasteiger partial charge is 0.233 e. The number of hydrogen-bond acceptors (Lipinski definition) is 7. The van der Waals surface area contributed by atoms with E-state index in [0.29, 0.717) is 47.5 Å². The first-order valence-corrected chi connectivity index (χ1v) is 15.5. The van der Waals surface area contributed by atoms with E-state index >= 15 is 0 Å². The van der Waals surface area contributed by atoms with Gasteiger partial charge in [-0.05, 0) is 67.5 Å². The monoisotopic (exact) mass is 615 g/mol. The van der Waals surface area contributed by atoms with Gasteiger partial charge >= 0.3 is 0 Å². The molecule has 7 rings (SSSR count). The summed E-state index contributed by atoms with van der Waals surface area (Å²) >= 11 is 0. The van der Waals surface area contributed by atoms with Crippen LogP contribution in [0.15, 0.2) is 107 Å². The molecule has 0 saturated carbocycles. The molecule has 1 aliphatic heterocycles. The van der Waals surface area contributed by atoms with Crippen LogP contribution in [0.5, 0.6) is 17.2 Å². The normalized spacial score (nSPS) is 23.9. The van der Waals surface area contributed by atoms with E-state index in [0.717, 1.165) is 16.7 Å². The zero-order valence-corrected chi connectivity index (χ0v) is 25.3. The topological polar surface area (TPSA) is 121 Å².